The minimum absolute atomic E-state index is 0.0617. The largest absolute Gasteiger partial charge is 0.511 e. The lowest BCUT2D eigenvalue weighted by Gasteiger charge is -2.31. The van der Waals surface area contributed by atoms with Crippen LogP contribution in [0.3, 0.4) is 0 Å². The Morgan fingerprint density at radius 1 is 1.07 bits per heavy atom. The van der Waals surface area contributed by atoms with Crippen molar-refractivity contribution in [1.82, 2.24) is 0 Å². The Balaban J connectivity index is 2.07. The average Bonchev–Trinajstić information content (AvgIpc) is 2.61. The SMILES string of the molecule is COc1ccccc1N=C1CC(C)(C)CC(=O)/C1=C(/O)Cc1ccccc1. The summed E-state index contributed by atoms with van der Waals surface area (Å²) in [7, 11) is 1.60. The first-order chi connectivity index (χ1) is 12.9. The summed E-state index contributed by atoms with van der Waals surface area (Å²) in [4.78, 5) is 17.6. The van der Waals surface area contributed by atoms with E-state index in [0.29, 0.717) is 42.0 Å². The van der Waals surface area contributed by atoms with Gasteiger partial charge in [-0.3, -0.25) is 4.79 Å². The lowest BCUT2D eigenvalue weighted by molar-refractivity contribution is -0.117. The Bertz CT molecular complexity index is 895. The number of carbonyl (C=O) groups excluding carboxylic acids is 1. The van der Waals surface area contributed by atoms with Crippen LogP contribution in [0.25, 0.3) is 0 Å². The van der Waals surface area contributed by atoms with Gasteiger partial charge in [0.05, 0.1) is 18.4 Å². The van der Waals surface area contributed by atoms with Gasteiger partial charge in [0.1, 0.15) is 17.2 Å². The molecule has 3 rings (SSSR count). The first kappa shape index (κ1) is 18.9. The second kappa shape index (κ2) is 7.78. The Hall–Kier alpha value is -2.88. The highest BCUT2D eigenvalue weighted by atomic mass is 16.5. The van der Waals surface area contributed by atoms with E-state index in [9.17, 15) is 9.90 Å². The molecule has 1 saturated carbocycles. The van der Waals surface area contributed by atoms with Gasteiger partial charge in [-0.15, -0.1) is 0 Å². The molecule has 1 N–H and O–H groups in total. The first-order valence-corrected chi connectivity index (χ1v) is 9.10. The van der Waals surface area contributed by atoms with Crippen LogP contribution in [0.15, 0.2) is 70.9 Å². The Morgan fingerprint density at radius 3 is 2.44 bits per heavy atom. The number of aliphatic hydroxyl groups is 1. The van der Waals surface area contributed by atoms with Crippen LogP contribution < -0.4 is 4.74 Å². The number of aliphatic imine (C=N–C) groups is 1. The van der Waals surface area contributed by atoms with Gasteiger partial charge in [-0.2, -0.15) is 0 Å². The van der Waals surface area contributed by atoms with Crippen molar-refractivity contribution in [3.05, 3.63) is 71.5 Å². The molecule has 0 heterocycles. The summed E-state index contributed by atoms with van der Waals surface area (Å²) in [6.45, 7) is 4.10. The minimum Gasteiger partial charge on any atom is -0.511 e. The van der Waals surface area contributed by atoms with E-state index in [1.165, 1.54) is 0 Å². The summed E-state index contributed by atoms with van der Waals surface area (Å²) in [5.74, 6) is 0.659. The van der Waals surface area contributed by atoms with Gasteiger partial charge in [0.2, 0.25) is 0 Å². The standard InChI is InChI=1S/C23H25NO3/c1-23(2)14-18(24-17-11-7-8-12-21(17)27-3)22(20(26)15-23)19(25)13-16-9-5-4-6-10-16/h4-12,25H,13-15H2,1-3H3/b22-19+,24-18?. The Morgan fingerprint density at radius 2 is 1.74 bits per heavy atom. The maximum absolute atomic E-state index is 12.9. The molecule has 0 unspecified atom stereocenters. The van der Waals surface area contributed by atoms with Crippen LogP contribution in [0, 0.1) is 5.41 Å². The molecule has 0 bridgehead atoms. The number of rotatable bonds is 4. The predicted molar refractivity (Wildman–Crippen MR) is 108 cm³/mol. The van der Waals surface area contributed by atoms with Crippen molar-refractivity contribution in [2.24, 2.45) is 10.4 Å². The molecule has 0 amide bonds. The van der Waals surface area contributed by atoms with Crippen LogP contribution in [0.4, 0.5) is 5.69 Å². The highest BCUT2D eigenvalue weighted by Gasteiger charge is 2.36. The number of hydrogen-bond acceptors (Lipinski definition) is 4. The molecule has 0 atom stereocenters. The van der Waals surface area contributed by atoms with Crippen molar-refractivity contribution in [3.63, 3.8) is 0 Å². The molecular weight excluding hydrogens is 338 g/mol. The molecule has 0 saturated heterocycles. The Kier molecular flexibility index (Phi) is 5.45. The van der Waals surface area contributed by atoms with Crippen molar-refractivity contribution in [3.8, 4) is 5.75 Å². The van der Waals surface area contributed by atoms with Gasteiger partial charge in [-0.25, -0.2) is 4.99 Å². The second-order valence-corrected chi connectivity index (χ2v) is 7.66. The van der Waals surface area contributed by atoms with E-state index in [2.05, 4.69) is 0 Å². The molecule has 4 nitrogen and oxygen atoms in total. The van der Waals surface area contributed by atoms with Crippen LogP contribution in [0.1, 0.15) is 32.3 Å². The number of ether oxygens (including phenoxy) is 1. The molecule has 0 spiro atoms. The average molecular weight is 363 g/mol. The summed E-state index contributed by atoms with van der Waals surface area (Å²) in [5.41, 5.74) is 2.38. The van der Waals surface area contributed by atoms with E-state index in [1.54, 1.807) is 7.11 Å². The van der Waals surface area contributed by atoms with E-state index in [0.717, 1.165) is 5.56 Å². The molecule has 1 fully saturated rings. The number of Topliss-reactive ketones (excluding diaryl/α,β-unsaturated/α-hetero) is 1. The van der Waals surface area contributed by atoms with Crippen molar-refractivity contribution in [1.29, 1.82) is 0 Å². The topological polar surface area (TPSA) is 58.9 Å². The zero-order chi connectivity index (χ0) is 19.4. The van der Waals surface area contributed by atoms with Crippen LogP contribution in [-0.2, 0) is 11.2 Å². The van der Waals surface area contributed by atoms with Crippen molar-refractivity contribution < 1.29 is 14.6 Å². The molecule has 140 valence electrons. The number of methoxy groups -OCH3 is 1. The number of ketones is 1. The highest BCUT2D eigenvalue weighted by Crippen LogP contribution is 2.38. The zero-order valence-electron chi connectivity index (χ0n) is 16.0. The molecule has 2 aromatic rings. The maximum Gasteiger partial charge on any atom is 0.168 e. The smallest absolute Gasteiger partial charge is 0.168 e. The molecule has 1 aliphatic carbocycles. The molecule has 0 aliphatic heterocycles. The number of allylic oxidation sites excluding steroid dienone is 2. The van der Waals surface area contributed by atoms with Crippen LogP contribution in [0.5, 0.6) is 5.75 Å². The number of nitrogens with zero attached hydrogens (tertiary/aromatic N) is 1. The van der Waals surface area contributed by atoms with Crippen molar-refractivity contribution in [2.45, 2.75) is 33.1 Å². The number of para-hydroxylation sites is 2. The zero-order valence-corrected chi connectivity index (χ0v) is 16.0. The number of benzene rings is 2. The third kappa shape index (κ3) is 4.45. The van der Waals surface area contributed by atoms with Crippen LogP contribution >= 0.6 is 0 Å². The van der Waals surface area contributed by atoms with Gasteiger partial charge in [-0.05, 0) is 29.5 Å². The molecule has 27 heavy (non-hydrogen) atoms. The molecular formula is C23H25NO3. The summed E-state index contributed by atoms with van der Waals surface area (Å²) in [6, 6.07) is 17.1. The molecule has 0 radical (unpaired) electrons. The monoisotopic (exact) mass is 363 g/mol. The number of carbonyl (C=O) groups is 1. The van der Waals surface area contributed by atoms with Crippen molar-refractivity contribution >= 4 is 17.2 Å². The van der Waals surface area contributed by atoms with Gasteiger partial charge in [0.15, 0.2) is 5.78 Å². The fourth-order valence-corrected chi connectivity index (χ4v) is 3.46. The predicted octanol–water partition coefficient (Wildman–Crippen LogP) is 5.21. The minimum atomic E-state index is -0.200. The number of aliphatic hydroxyl groups excluding tert-OH is 1. The lowest BCUT2D eigenvalue weighted by Crippen LogP contribution is -2.32. The third-order valence-electron chi connectivity index (χ3n) is 4.70. The van der Waals surface area contributed by atoms with Gasteiger partial charge < -0.3 is 9.84 Å². The van der Waals surface area contributed by atoms with E-state index in [4.69, 9.17) is 9.73 Å². The van der Waals surface area contributed by atoms with Gasteiger partial charge >= 0.3 is 0 Å². The first-order valence-electron chi connectivity index (χ1n) is 9.10. The lowest BCUT2D eigenvalue weighted by atomic mass is 9.73. The highest BCUT2D eigenvalue weighted by molar-refractivity contribution is 6.25. The third-order valence-corrected chi connectivity index (χ3v) is 4.70. The summed E-state index contributed by atoms with van der Waals surface area (Å²) in [5, 5.41) is 10.8. The van der Waals surface area contributed by atoms with Crippen LogP contribution in [-0.4, -0.2) is 23.7 Å². The van der Waals surface area contributed by atoms with E-state index < -0.39 is 0 Å². The quantitative estimate of drug-likeness (QED) is 0.599. The summed E-state index contributed by atoms with van der Waals surface area (Å²) >= 11 is 0. The van der Waals surface area contributed by atoms with E-state index in [1.807, 2.05) is 68.4 Å². The normalized spacial score (nSPS) is 19.8. The molecule has 1 aliphatic rings. The van der Waals surface area contributed by atoms with Gasteiger partial charge in [0, 0.05) is 12.8 Å². The fourth-order valence-electron chi connectivity index (χ4n) is 3.46. The van der Waals surface area contributed by atoms with E-state index >= 15 is 0 Å². The maximum atomic E-state index is 12.9. The molecule has 0 aromatic heterocycles. The summed E-state index contributed by atoms with van der Waals surface area (Å²) < 4.78 is 5.39. The van der Waals surface area contributed by atoms with E-state index in [-0.39, 0.29) is 17.0 Å². The summed E-state index contributed by atoms with van der Waals surface area (Å²) in [6.07, 6.45) is 1.32. The van der Waals surface area contributed by atoms with Gasteiger partial charge in [0.25, 0.3) is 0 Å². The van der Waals surface area contributed by atoms with Crippen molar-refractivity contribution in [2.75, 3.05) is 7.11 Å². The second-order valence-electron chi connectivity index (χ2n) is 7.66. The fraction of sp³-hybridized carbons (Fsp3) is 0.304. The molecule has 2 aromatic carbocycles. The molecule has 4 heteroatoms. The number of hydrogen-bond donors (Lipinski definition) is 1. The Labute approximate surface area is 160 Å². The van der Waals surface area contributed by atoms with Crippen LogP contribution in [0.2, 0.25) is 0 Å². The van der Waals surface area contributed by atoms with Gasteiger partial charge in [-0.1, -0.05) is 56.3 Å².